The highest BCUT2D eigenvalue weighted by atomic mass is 19.1. The first-order valence-corrected chi connectivity index (χ1v) is 7.58. The average molecular weight is 348 g/mol. The number of hydrogen-bond acceptors (Lipinski definition) is 3. The van der Waals surface area contributed by atoms with E-state index in [0.29, 0.717) is 5.56 Å². The molecule has 0 spiro atoms. The van der Waals surface area contributed by atoms with Gasteiger partial charge in [0.1, 0.15) is 5.82 Å². The molecular formula is C18H18F2N2O3. The number of amides is 2. The maximum Gasteiger partial charge on any atom is 0.254 e. The molecule has 0 heterocycles. The van der Waals surface area contributed by atoms with Crippen LogP contribution in [-0.4, -0.2) is 25.5 Å². The first-order valence-electron chi connectivity index (χ1n) is 7.58. The second-order valence-electron chi connectivity index (χ2n) is 5.35. The molecule has 0 aliphatic rings. The van der Waals surface area contributed by atoms with Gasteiger partial charge in [0.25, 0.3) is 5.91 Å². The highest BCUT2D eigenvalue weighted by molar-refractivity contribution is 5.96. The summed E-state index contributed by atoms with van der Waals surface area (Å²) in [6.07, 6.45) is 0. The minimum Gasteiger partial charge on any atom is -0.494 e. The Hall–Kier alpha value is -2.96. The van der Waals surface area contributed by atoms with Gasteiger partial charge in [0.05, 0.1) is 25.3 Å². The second-order valence-corrected chi connectivity index (χ2v) is 5.35. The van der Waals surface area contributed by atoms with Crippen molar-refractivity contribution in [1.82, 2.24) is 10.6 Å². The van der Waals surface area contributed by atoms with Crippen LogP contribution >= 0.6 is 0 Å². The van der Waals surface area contributed by atoms with Gasteiger partial charge in [-0.3, -0.25) is 9.59 Å². The van der Waals surface area contributed by atoms with E-state index < -0.39 is 29.5 Å². The van der Waals surface area contributed by atoms with Crippen LogP contribution in [0.15, 0.2) is 42.5 Å². The first kappa shape index (κ1) is 18.4. The molecule has 0 radical (unpaired) electrons. The van der Waals surface area contributed by atoms with Crippen molar-refractivity contribution in [3.8, 4) is 5.75 Å². The monoisotopic (exact) mass is 348 g/mol. The van der Waals surface area contributed by atoms with Gasteiger partial charge in [-0.05, 0) is 36.8 Å². The molecule has 2 N–H and O–H groups in total. The number of rotatable bonds is 6. The summed E-state index contributed by atoms with van der Waals surface area (Å²) >= 11 is 0. The fourth-order valence-electron chi connectivity index (χ4n) is 2.23. The lowest BCUT2D eigenvalue weighted by Crippen LogP contribution is -2.38. The number of halogens is 2. The van der Waals surface area contributed by atoms with Gasteiger partial charge in [0.2, 0.25) is 5.91 Å². The third-order valence-corrected chi connectivity index (χ3v) is 3.58. The fraction of sp³-hybridized carbons (Fsp3) is 0.222. The van der Waals surface area contributed by atoms with Gasteiger partial charge in [-0.15, -0.1) is 0 Å². The molecular weight excluding hydrogens is 330 g/mol. The molecule has 1 atom stereocenters. The summed E-state index contributed by atoms with van der Waals surface area (Å²) < 4.78 is 32.0. The third kappa shape index (κ3) is 4.76. The predicted octanol–water partition coefficient (Wildman–Crippen LogP) is 2.58. The lowest BCUT2D eigenvalue weighted by molar-refractivity contribution is -0.120. The largest absolute Gasteiger partial charge is 0.494 e. The zero-order chi connectivity index (χ0) is 18.4. The van der Waals surface area contributed by atoms with Crippen molar-refractivity contribution in [2.75, 3.05) is 13.7 Å². The van der Waals surface area contributed by atoms with Gasteiger partial charge in [-0.25, -0.2) is 8.78 Å². The molecule has 0 bridgehead atoms. The van der Waals surface area contributed by atoms with E-state index in [2.05, 4.69) is 10.6 Å². The van der Waals surface area contributed by atoms with E-state index in [1.165, 1.54) is 37.4 Å². The number of ether oxygens (including phenoxy) is 1. The lowest BCUT2D eigenvalue weighted by atomic mass is 10.1. The van der Waals surface area contributed by atoms with Gasteiger partial charge in [-0.2, -0.15) is 0 Å². The molecule has 0 aliphatic carbocycles. The Morgan fingerprint density at radius 1 is 1.12 bits per heavy atom. The van der Waals surface area contributed by atoms with E-state index in [-0.39, 0.29) is 17.9 Å². The molecule has 2 aromatic rings. The van der Waals surface area contributed by atoms with Crippen LogP contribution in [0, 0.1) is 11.6 Å². The van der Waals surface area contributed by atoms with Crippen molar-refractivity contribution in [3.05, 3.63) is 65.2 Å². The summed E-state index contributed by atoms with van der Waals surface area (Å²) in [5.41, 5.74) is 0.410. The van der Waals surface area contributed by atoms with Crippen molar-refractivity contribution in [2.24, 2.45) is 0 Å². The van der Waals surface area contributed by atoms with Crippen LogP contribution in [-0.2, 0) is 4.79 Å². The van der Waals surface area contributed by atoms with E-state index in [0.717, 1.165) is 6.07 Å². The van der Waals surface area contributed by atoms with Gasteiger partial charge in [-0.1, -0.05) is 18.2 Å². The Labute approximate surface area is 144 Å². The number of carbonyl (C=O) groups excluding carboxylic acids is 2. The maximum absolute atomic E-state index is 13.7. The highest BCUT2D eigenvalue weighted by Crippen LogP contribution is 2.21. The Balaban J connectivity index is 1.90. The summed E-state index contributed by atoms with van der Waals surface area (Å²) in [4.78, 5) is 23.8. The van der Waals surface area contributed by atoms with Crippen LogP contribution in [0.25, 0.3) is 0 Å². The molecule has 0 saturated carbocycles. The standard InChI is InChI=1S/C18H18F2N2O3/c1-11(12-7-8-16(25-2)15(20)9-12)22-17(23)10-21-18(24)13-5-3-4-6-14(13)19/h3-9,11H,10H2,1-2H3,(H,21,24)(H,22,23). The molecule has 5 nitrogen and oxygen atoms in total. The molecule has 132 valence electrons. The number of benzene rings is 2. The third-order valence-electron chi connectivity index (χ3n) is 3.58. The molecule has 25 heavy (non-hydrogen) atoms. The Kier molecular flexibility index (Phi) is 6.05. The number of carbonyl (C=O) groups is 2. The smallest absolute Gasteiger partial charge is 0.254 e. The molecule has 0 saturated heterocycles. The first-order chi connectivity index (χ1) is 11.9. The van der Waals surface area contributed by atoms with Crippen LogP contribution in [0.4, 0.5) is 8.78 Å². The Morgan fingerprint density at radius 2 is 1.84 bits per heavy atom. The SMILES string of the molecule is COc1ccc(C(C)NC(=O)CNC(=O)c2ccccc2F)cc1F. The predicted molar refractivity (Wildman–Crippen MR) is 88.2 cm³/mol. The average Bonchev–Trinajstić information content (AvgIpc) is 2.60. The molecule has 1 unspecified atom stereocenters. The summed E-state index contributed by atoms with van der Waals surface area (Å²) in [7, 11) is 1.36. The van der Waals surface area contributed by atoms with Crippen LogP contribution in [0.2, 0.25) is 0 Å². The van der Waals surface area contributed by atoms with Crippen molar-refractivity contribution >= 4 is 11.8 Å². The van der Waals surface area contributed by atoms with Crippen LogP contribution in [0.3, 0.4) is 0 Å². The van der Waals surface area contributed by atoms with Crippen molar-refractivity contribution in [1.29, 1.82) is 0 Å². The van der Waals surface area contributed by atoms with Gasteiger partial charge in [0, 0.05) is 0 Å². The van der Waals surface area contributed by atoms with Crippen LogP contribution in [0.5, 0.6) is 5.75 Å². The van der Waals surface area contributed by atoms with E-state index in [4.69, 9.17) is 4.74 Å². The lowest BCUT2D eigenvalue weighted by Gasteiger charge is -2.15. The van der Waals surface area contributed by atoms with Crippen LogP contribution < -0.4 is 15.4 Å². The molecule has 7 heteroatoms. The normalized spacial score (nSPS) is 11.5. The summed E-state index contributed by atoms with van der Waals surface area (Å²) in [6, 6.07) is 9.37. The maximum atomic E-state index is 13.7. The van der Waals surface area contributed by atoms with Crippen LogP contribution in [0.1, 0.15) is 28.9 Å². The Morgan fingerprint density at radius 3 is 2.48 bits per heavy atom. The van der Waals surface area contributed by atoms with Crippen molar-refractivity contribution in [2.45, 2.75) is 13.0 Å². The van der Waals surface area contributed by atoms with Gasteiger partial charge in [0.15, 0.2) is 11.6 Å². The second kappa shape index (κ2) is 8.23. The molecule has 0 aliphatic heterocycles. The minimum absolute atomic E-state index is 0.111. The molecule has 2 aromatic carbocycles. The van der Waals surface area contributed by atoms with E-state index in [9.17, 15) is 18.4 Å². The summed E-state index contributed by atoms with van der Waals surface area (Å²) in [6.45, 7) is 1.36. The van der Waals surface area contributed by atoms with Crippen molar-refractivity contribution in [3.63, 3.8) is 0 Å². The van der Waals surface area contributed by atoms with Crippen molar-refractivity contribution < 1.29 is 23.1 Å². The highest BCUT2D eigenvalue weighted by Gasteiger charge is 2.15. The summed E-state index contributed by atoms with van der Waals surface area (Å²) in [5.74, 6) is -2.25. The number of methoxy groups -OCH3 is 1. The van der Waals surface area contributed by atoms with Gasteiger partial charge < -0.3 is 15.4 Å². The topological polar surface area (TPSA) is 67.4 Å². The van der Waals surface area contributed by atoms with E-state index in [1.54, 1.807) is 13.0 Å². The fourth-order valence-corrected chi connectivity index (χ4v) is 2.23. The van der Waals surface area contributed by atoms with E-state index in [1.807, 2.05) is 0 Å². The number of hydrogen-bond donors (Lipinski definition) is 2. The van der Waals surface area contributed by atoms with Gasteiger partial charge >= 0.3 is 0 Å². The quantitative estimate of drug-likeness (QED) is 0.843. The Bertz CT molecular complexity index is 781. The number of nitrogens with one attached hydrogen (secondary N) is 2. The minimum atomic E-state index is -0.684. The van der Waals surface area contributed by atoms with E-state index >= 15 is 0 Å². The zero-order valence-corrected chi connectivity index (χ0v) is 13.8. The molecule has 0 fully saturated rings. The zero-order valence-electron chi connectivity index (χ0n) is 13.8. The molecule has 0 aromatic heterocycles. The summed E-state index contributed by atoms with van der Waals surface area (Å²) in [5, 5.41) is 4.97. The molecule has 2 amide bonds. The molecule has 2 rings (SSSR count).